The molecule has 3 aromatic heterocycles. The average Bonchev–Trinajstić information content (AvgIpc) is 2.84. The van der Waals surface area contributed by atoms with Gasteiger partial charge in [-0.05, 0) is 38.5 Å². The van der Waals surface area contributed by atoms with E-state index in [2.05, 4.69) is 9.97 Å². The Balaban J connectivity index is 1.87. The van der Waals surface area contributed by atoms with E-state index < -0.39 is 22.6 Å². The molecule has 180 valence electrons. The van der Waals surface area contributed by atoms with Gasteiger partial charge < -0.3 is 15.2 Å². The minimum absolute atomic E-state index is 0.0470. The number of nitrogens with one attached hydrogen (secondary N) is 1. The van der Waals surface area contributed by atoms with Crippen molar-refractivity contribution < 1.29 is 4.79 Å². The molecule has 0 unspecified atom stereocenters. The summed E-state index contributed by atoms with van der Waals surface area (Å²) in [5.74, 6) is -0.851. The number of nitrogens with zero attached hydrogens (tertiary/aromatic N) is 4. The molecule has 0 fully saturated rings. The van der Waals surface area contributed by atoms with Crippen LogP contribution in [0, 0.1) is 6.92 Å². The number of carbonyl (C=O) groups excluding carboxylic acids is 1. The van der Waals surface area contributed by atoms with Crippen molar-refractivity contribution >= 4 is 28.4 Å². The molecule has 3 heterocycles. The maximum atomic E-state index is 13.6. The van der Waals surface area contributed by atoms with E-state index in [4.69, 9.17) is 5.73 Å². The Labute approximate surface area is 200 Å². The fourth-order valence-corrected chi connectivity index (χ4v) is 4.06. The van der Waals surface area contributed by atoms with Gasteiger partial charge in [0, 0.05) is 25.0 Å². The maximum Gasteiger partial charge on any atom is 0.330 e. The molecule has 10 heteroatoms. The Morgan fingerprint density at radius 1 is 1.09 bits per heavy atom. The van der Waals surface area contributed by atoms with E-state index in [0.717, 1.165) is 16.2 Å². The molecule has 1 amide bonds. The van der Waals surface area contributed by atoms with Crippen LogP contribution in [0.1, 0.15) is 35.5 Å². The highest BCUT2D eigenvalue weighted by atomic mass is 16.2. The highest BCUT2D eigenvalue weighted by molar-refractivity contribution is 6.08. The number of anilines is 2. The molecule has 4 rings (SSSR count). The van der Waals surface area contributed by atoms with E-state index in [1.165, 1.54) is 10.8 Å². The van der Waals surface area contributed by atoms with Crippen LogP contribution in [0.2, 0.25) is 0 Å². The lowest BCUT2D eigenvalue weighted by atomic mass is 10.1. The Morgan fingerprint density at radius 2 is 1.80 bits per heavy atom. The number of hydrogen-bond donors (Lipinski definition) is 2. The molecule has 0 aliphatic rings. The zero-order valence-electron chi connectivity index (χ0n) is 19.7. The second kappa shape index (κ2) is 9.41. The number of carbonyl (C=O) groups is 1. The molecule has 0 saturated carbocycles. The fraction of sp³-hybridized carbons (Fsp3) is 0.240. The average molecular weight is 475 g/mol. The largest absolute Gasteiger partial charge is 0.383 e. The molecule has 4 aromatic rings. The van der Waals surface area contributed by atoms with Crippen LogP contribution < -0.4 is 27.3 Å². The second-order valence-electron chi connectivity index (χ2n) is 8.10. The van der Waals surface area contributed by atoms with E-state index in [9.17, 15) is 19.2 Å². The number of nitrogen functional groups attached to an aromatic ring is 1. The van der Waals surface area contributed by atoms with Gasteiger partial charge in [0.15, 0.2) is 5.69 Å². The number of aromatic amines is 1. The Hall–Kier alpha value is -4.47. The third-order valence-corrected chi connectivity index (χ3v) is 5.86. The number of H-pyrrole nitrogens is 1. The monoisotopic (exact) mass is 474 g/mol. The van der Waals surface area contributed by atoms with Crippen LogP contribution in [0.15, 0.2) is 63.0 Å². The number of nitrogens with two attached hydrogens (primary N) is 1. The normalized spacial score (nSPS) is 11.1. The van der Waals surface area contributed by atoms with Gasteiger partial charge in [0.25, 0.3) is 11.5 Å². The van der Waals surface area contributed by atoms with Crippen LogP contribution in [0.3, 0.4) is 0 Å². The number of aryl methyl sites for hydroxylation is 2. The standard InChI is InChI=1S/C25H26N6O4/c1-4-29-14-18(20(32)17-12-11-15(3)27-22(17)29)24(34)30(5-2)19-21(26)31(25(35)28-23(19)33)13-16-9-7-6-8-10-16/h6-12,14H,4-5,13,26H2,1-3H3,(H,28,33,35). The van der Waals surface area contributed by atoms with Crippen LogP contribution in [0.5, 0.6) is 0 Å². The number of amides is 1. The van der Waals surface area contributed by atoms with Crippen molar-refractivity contribution in [2.24, 2.45) is 0 Å². The number of aromatic nitrogens is 4. The molecular weight excluding hydrogens is 448 g/mol. The second-order valence-corrected chi connectivity index (χ2v) is 8.10. The van der Waals surface area contributed by atoms with E-state index >= 15 is 0 Å². The number of rotatable bonds is 6. The van der Waals surface area contributed by atoms with Gasteiger partial charge in [-0.3, -0.25) is 23.9 Å². The third kappa shape index (κ3) is 4.25. The maximum absolute atomic E-state index is 13.6. The van der Waals surface area contributed by atoms with E-state index in [-0.39, 0.29) is 30.2 Å². The number of pyridine rings is 2. The summed E-state index contributed by atoms with van der Waals surface area (Å²) in [6.45, 7) is 5.98. The van der Waals surface area contributed by atoms with Gasteiger partial charge in [0.05, 0.1) is 11.9 Å². The molecule has 0 radical (unpaired) electrons. The van der Waals surface area contributed by atoms with Crippen molar-refractivity contribution in [3.05, 3.63) is 96.5 Å². The summed E-state index contributed by atoms with van der Waals surface area (Å²) in [5.41, 5.74) is 6.00. The molecular formula is C25H26N6O4. The quantitative estimate of drug-likeness (QED) is 0.438. The minimum atomic E-state index is -0.805. The zero-order chi connectivity index (χ0) is 25.3. The summed E-state index contributed by atoms with van der Waals surface area (Å²) in [4.78, 5) is 60.1. The first-order valence-electron chi connectivity index (χ1n) is 11.3. The zero-order valence-corrected chi connectivity index (χ0v) is 19.7. The Morgan fingerprint density at radius 3 is 2.46 bits per heavy atom. The number of hydrogen-bond acceptors (Lipinski definition) is 6. The summed E-state index contributed by atoms with van der Waals surface area (Å²) in [6, 6.07) is 12.5. The highest BCUT2D eigenvalue weighted by Gasteiger charge is 2.27. The fourth-order valence-electron chi connectivity index (χ4n) is 4.06. The van der Waals surface area contributed by atoms with Crippen LogP contribution >= 0.6 is 0 Å². The van der Waals surface area contributed by atoms with Crippen molar-refractivity contribution in [3.8, 4) is 0 Å². The number of fused-ring (bicyclic) bond motifs is 1. The lowest BCUT2D eigenvalue weighted by molar-refractivity contribution is 0.0986. The first kappa shape index (κ1) is 23.7. The summed E-state index contributed by atoms with van der Waals surface area (Å²) >= 11 is 0. The van der Waals surface area contributed by atoms with Gasteiger partial charge in [-0.2, -0.15) is 0 Å². The van der Waals surface area contributed by atoms with E-state index in [1.807, 2.05) is 44.2 Å². The van der Waals surface area contributed by atoms with Gasteiger partial charge in [-0.15, -0.1) is 0 Å². The molecule has 0 aliphatic carbocycles. The molecule has 0 saturated heterocycles. The van der Waals surface area contributed by atoms with Gasteiger partial charge >= 0.3 is 5.69 Å². The van der Waals surface area contributed by atoms with Gasteiger partial charge in [0.1, 0.15) is 17.0 Å². The molecule has 0 bridgehead atoms. The summed E-state index contributed by atoms with van der Waals surface area (Å²) < 4.78 is 2.91. The first-order chi connectivity index (χ1) is 16.8. The molecule has 1 aromatic carbocycles. The molecule has 10 nitrogen and oxygen atoms in total. The summed E-state index contributed by atoms with van der Waals surface area (Å²) in [5, 5.41) is 0.301. The minimum Gasteiger partial charge on any atom is -0.383 e. The predicted octanol–water partition coefficient (Wildman–Crippen LogP) is 1.87. The topological polar surface area (TPSA) is 136 Å². The van der Waals surface area contributed by atoms with Crippen LogP contribution in [0.4, 0.5) is 11.5 Å². The smallest absolute Gasteiger partial charge is 0.330 e. The molecule has 35 heavy (non-hydrogen) atoms. The third-order valence-electron chi connectivity index (χ3n) is 5.86. The molecule has 0 aliphatic heterocycles. The van der Waals surface area contributed by atoms with E-state index in [1.54, 1.807) is 23.6 Å². The summed E-state index contributed by atoms with van der Waals surface area (Å²) in [7, 11) is 0. The van der Waals surface area contributed by atoms with Gasteiger partial charge in [-0.25, -0.2) is 9.78 Å². The lowest BCUT2D eigenvalue weighted by Crippen LogP contribution is -2.42. The van der Waals surface area contributed by atoms with E-state index in [0.29, 0.717) is 17.6 Å². The first-order valence-corrected chi connectivity index (χ1v) is 11.3. The highest BCUT2D eigenvalue weighted by Crippen LogP contribution is 2.20. The molecule has 3 N–H and O–H groups in total. The van der Waals surface area contributed by atoms with Gasteiger partial charge in [-0.1, -0.05) is 30.3 Å². The van der Waals surface area contributed by atoms with Crippen molar-refractivity contribution in [2.75, 3.05) is 17.2 Å². The van der Waals surface area contributed by atoms with Crippen LogP contribution in [-0.2, 0) is 13.1 Å². The van der Waals surface area contributed by atoms with Crippen molar-refractivity contribution in [1.29, 1.82) is 0 Å². The van der Waals surface area contributed by atoms with Crippen molar-refractivity contribution in [3.63, 3.8) is 0 Å². The van der Waals surface area contributed by atoms with Crippen LogP contribution in [0.25, 0.3) is 11.0 Å². The van der Waals surface area contributed by atoms with Crippen LogP contribution in [-0.4, -0.2) is 31.6 Å². The molecule has 0 atom stereocenters. The summed E-state index contributed by atoms with van der Waals surface area (Å²) in [6.07, 6.45) is 1.45. The van der Waals surface area contributed by atoms with Crippen molar-refractivity contribution in [2.45, 2.75) is 33.9 Å². The lowest BCUT2D eigenvalue weighted by Gasteiger charge is -2.23. The Kier molecular flexibility index (Phi) is 6.37. The van der Waals surface area contributed by atoms with Gasteiger partial charge in [0.2, 0.25) is 5.43 Å². The van der Waals surface area contributed by atoms with Crippen molar-refractivity contribution in [1.82, 2.24) is 19.1 Å². The molecule has 0 spiro atoms. The SMILES string of the molecule is CCN(C(=O)c1cn(CC)c2nc(C)ccc2c1=O)c1c(N)n(Cc2ccccc2)c(=O)[nH]c1=O. The Bertz CT molecular complexity index is 1600. The predicted molar refractivity (Wildman–Crippen MR) is 135 cm³/mol. The number of benzene rings is 1.